The van der Waals surface area contributed by atoms with Crippen LogP contribution in [-0.4, -0.2) is 16.5 Å². The minimum absolute atomic E-state index is 0.174. The first-order chi connectivity index (χ1) is 14.0. The molecule has 0 aromatic heterocycles. The lowest BCUT2D eigenvalue weighted by Gasteiger charge is -2.57. The Hall–Kier alpha value is -0.890. The van der Waals surface area contributed by atoms with Crippen molar-refractivity contribution < 1.29 is 9.90 Å². The zero-order valence-electron chi connectivity index (χ0n) is 20.2. The summed E-state index contributed by atoms with van der Waals surface area (Å²) in [5.74, 6) is 3.99. The third kappa shape index (κ3) is 3.55. The Balaban J connectivity index is 1.54. The minimum atomic E-state index is -0.656. The van der Waals surface area contributed by atoms with Gasteiger partial charge in [0.25, 0.3) is 0 Å². The Morgan fingerprint density at radius 2 is 1.77 bits per heavy atom. The van der Waals surface area contributed by atoms with Crippen molar-refractivity contribution in [1.82, 2.24) is 0 Å². The molecule has 3 saturated carbocycles. The number of ketones is 1. The highest BCUT2D eigenvalue weighted by Gasteiger charge is 2.58. The number of hydrogen-bond acceptors (Lipinski definition) is 2. The average molecular weight is 413 g/mol. The van der Waals surface area contributed by atoms with E-state index in [1.165, 1.54) is 25.7 Å². The lowest BCUT2D eigenvalue weighted by molar-refractivity contribution is -0.127. The van der Waals surface area contributed by atoms with E-state index in [2.05, 4.69) is 45.9 Å². The van der Waals surface area contributed by atoms with Gasteiger partial charge in [0.15, 0.2) is 0 Å². The second kappa shape index (κ2) is 7.61. The highest BCUT2D eigenvalue weighted by atomic mass is 16.3. The molecule has 0 aromatic rings. The predicted molar refractivity (Wildman–Crippen MR) is 124 cm³/mol. The smallest absolute Gasteiger partial charge is 0.133 e. The maximum atomic E-state index is 12.1. The summed E-state index contributed by atoms with van der Waals surface area (Å²) in [4.78, 5) is 12.1. The van der Waals surface area contributed by atoms with Gasteiger partial charge in [0.05, 0.1) is 5.60 Å². The summed E-state index contributed by atoms with van der Waals surface area (Å²) >= 11 is 0. The molecule has 4 unspecified atom stereocenters. The minimum Gasteiger partial charge on any atom is -0.390 e. The van der Waals surface area contributed by atoms with E-state index in [1.54, 1.807) is 5.57 Å². The molecule has 8 atom stereocenters. The molecule has 1 N–H and O–H groups in total. The molecular formula is C28H44O2. The van der Waals surface area contributed by atoms with E-state index in [1.807, 2.05) is 13.8 Å². The van der Waals surface area contributed by atoms with Gasteiger partial charge in [-0.25, -0.2) is 0 Å². The molecule has 4 aliphatic carbocycles. The lowest BCUT2D eigenvalue weighted by atomic mass is 9.48. The summed E-state index contributed by atoms with van der Waals surface area (Å²) in [5, 5.41) is 10.3. The number of fused-ring (bicyclic) bond motifs is 5. The van der Waals surface area contributed by atoms with E-state index < -0.39 is 5.60 Å². The van der Waals surface area contributed by atoms with Crippen molar-refractivity contribution in [2.75, 3.05) is 0 Å². The van der Waals surface area contributed by atoms with Crippen LogP contribution in [0.5, 0.6) is 0 Å². The topological polar surface area (TPSA) is 37.3 Å². The van der Waals surface area contributed by atoms with E-state index >= 15 is 0 Å². The SMILES string of the molecule is C[C@H](/C=C/[C@H](C)C(C)(C)O)C1CCC2C3=CCC4CC(=O)CC[C@]4(C)C3CC[C@@]21C. The van der Waals surface area contributed by atoms with Crippen molar-refractivity contribution in [3.05, 3.63) is 23.8 Å². The number of allylic oxidation sites excluding steroid dienone is 3. The fourth-order valence-corrected chi connectivity index (χ4v) is 7.92. The molecule has 2 heteroatoms. The summed E-state index contributed by atoms with van der Waals surface area (Å²) in [6.07, 6.45) is 16.4. The number of carbonyl (C=O) groups excluding carboxylic acids is 1. The van der Waals surface area contributed by atoms with E-state index in [0.717, 1.165) is 37.5 Å². The van der Waals surface area contributed by atoms with Gasteiger partial charge in [0.1, 0.15) is 5.78 Å². The standard InChI is InChI=1S/C28H44O2/c1-18(7-8-19(2)26(3,4)30)23-11-12-24-22-10-9-20-17-21(29)13-15-27(20,5)25(22)14-16-28(23,24)6/h7-8,10,18-20,23-25,30H,9,11-17H2,1-6H3/b8-7+/t18-,19+,20?,23?,24?,25?,27+,28-/m1/s1. The molecule has 0 saturated heterocycles. The van der Waals surface area contributed by atoms with Crippen molar-refractivity contribution >= 4 is 5.78 Å². The van der Waals surface area contributed by atoms with Crippen LogP contribution in [0.2, 0.25) is 0 Å². The number of rotatable bonds is 4. The first kappa shape index (κ1) is 22.3. The van der Waals surface area contributed by atoms with Gasteiger partial charge in [-0.1, -0.05) is 51.5 Å². The molecule has 0 bridgehead atoms. The summed E-state index contributed by atoms with van der Waals surface area (Å²) in [6, 6.07) is 0. The van der Waals surface area contributed by atoms with E-state index in [4.69, 9.17) is 0 Å². The summed E-state index contributed by atoms with van der Waals surface area (Å²) in [7, 11) is 0. The summed E-state index contributed by atoms with van der Waals surface area (Å²) < 4.78 is 0. The van der Waals surface area contributed by atoms with Crippen molar-refractivity contribution in [2.24, 2.45) is 46.3 Å². The largest absolute Gasteiger partial charge is 0.390 e. The van der Waals surface area contributed by atoms with Crippen LogP contribution in [0.4, 0.5) is 0 Å². The highest BCUT2D eigenvalue weighted by Crippen LogP contribution is 2.66. The van der Waals surface area contributed by atoms with E-state index in [-0.39, 0.29) is 5.92 Å². The Labute approximate surface area is 184 Å². The molecule has 0 amide bonds. The van der Waals surface area contributed by atoms with Crippen LogP contribution in [-0.2, 0) is 4.79 Å². The maximum absolute atomic E-state index is 12.1. The first-order valence-corrected chi connectivity index (χ1v) is 12.6. The van der Waals surface area contributed by atoms with Crippen LogP contribution in [0.3, 0.4) is 0 Å². The van der Waals surface area contributed by atoms with Gasteiger partial charge < -0.3 is 5.11 Å². The third-order valence-electron chi connectivity index (χ3n) is 10.4. The lowest BCUT2D eigenvalue weighted by Crippen LogP contribution is -2.49. The van der Waals surface area contributed by atoms with Gasteiger partial charge >= 0.3 is 0 Å². The zero-order chi connectivity index (χ0) is 21.9. The molecule has 0 aliphatic heterocycles. The van der Waals surface area contributed by atoms with E-state index in [9.17, 15) is 9.90 Å². The number of aliphatic hydroxyl groups is 1. The van der Waals surface area contributed by atoms with Gasteiger partial charge in [0.2, 0.25) is 0 Å². The zero-order valence-corrected chi connectivity index (χ0v) is 20.2. The van der Waals surface area contributed by atoms with Gasteiger partial charge in [0, 0.05) is 18.8 Å². The molecule has 2 nitrogen and oxygen atoms in total. The van der Waals surface area contributed by atoms with Crippen molar-refractivity contribution in [2.45, 2.75) is 98.5 Å². The van der Waals surface area contributed by atoms with Crippen molar-refractivity contribution in [1.29, 1.82) is 0 Å². The number of carbonyl (C=O) groups is 1. The molecular weight excluding hydrogens is 368 g/mol. The van der Waals surface area contributed by atoms with E-state index in [0.29, 0.717) is 34.4 Å². The monoisotopic (exact) mass is 412 g/mol. The quantitative estimate of drug-likeness (QED) is 0.520. The molecule has 168 valence electrons. The van der Waals surface area contributed by atoms with Crippen LogP contribution in [0.15, 0.2) is 23.8 Å². The molecule has 3 fully saturated rings. The summed E-state index contributed by atoms with van der Waals surface area (Å²) in [5.41, 5.74) is 1.87. The highest BCUT2D eigenvalue weighted by molar-refractivity contribution is 5.79. The average Bonchev–Trinajstić information content (AvgIpc) is 3.03. The molecule has 30 heavy (non-hydrogen) atoms. The van der Waals surface area contributed by atoms with Gasteiger partial charge in [-0.15, -0.1) is 0 Å². The van der Waals surface area contributed by atoms with Gasteiger partial charge in [-0.05, 0) is 92.8 Å². The third-order valence-corrected chi connectivity index (χ3v) is 10.4. The molecule has 0 radical (unpaired) electrons. The fraction of sp³-hybridized carbons (Fsp3) is 0.821. The Bertz CT molecular complexity index is 740. The number of hydrogen-bond donors (Lipinski definition) is 1. The van der Waals surface area contributed by atoms with Gasteiger partial charge in [-0.2, -0.15) is 0 Å². The molecule has 0 heterocycles. The Morgan fingerprint density at radius 3 is 2.47 bits per heavy atom. The van der Waals surface area contributed by atoms with Crippen molar-refractivity contribution in [3.63, 3.8) is 0 Å². The molecule has 0 aromatic carbocycles. The first-order valence-electron chi connectivity index (χ1n) is 12.6. The Morgan fingerprint density at radius 1 is 1.07 bits per heavy atom. The van der Waals surface area contributed by atoms with Crippen LogP contribution in [0.1, 0.15) is 92.9 Å². The van der Waals surface area contributed by atoms with Crippen LogP contribution in [0, 0.1) is 46.3 Å². The molecule has 0 spiro atoms. The number of Topliss-reactive ketones (excluding diaryl/α,β-unsaturated/α-hetero) is 1. The molecule has 4 aliphatic rings. The second-order valence-corrected chi connectivity index (χ2v) is 12.4. The normalized spacial score (nSPS) is 43.6. The Kier molecular flexibility index (Phi) is 5.66. The van der Waals surface area contributed by atoms with Crippen molar-refractivity contribution in [3.8, 4) is 0 Å². The van der Waals surface area contributed by atoms with Gasteiger partial charge in [-0.3, -0.25) is 4.79 Å². The fourth-order valence-electron chi connectivity index (χ4n) is 7.92. The van der Waals surface area contributed by atoms with Crippen LogP contribution in [0.25, 0.3) is 0 Å². The second-order valence-electron chi connectivity index (χ2n) is 12.4. The van der Waals surface area contributed by atoms with Crippen LogP contribution >= 0.6 is 0 Å². The van der Waals surface area contributed by atoms with Crippen LogP contribution < -0.4 is 0 Å². The summed E-state index contributed by atoms with van der Waals surface area (Å²) in [6.45, 7) is 13.4. The molecule has 4 rings (SSSR count). The maximum Gasteiger partial charge on any atom is 0.133 e. The predicted octanol–water partition coefficient (Wildman–Crippen LogP) is 6.73.